The molecule has 2 aromatic carbocycles. The van der Waals surface area contributed by atoms with Gasteiger partial charge in [-0.05, 0) is 18.2 Å². The molecule has 2 rings (SSSR count). The van der Waals surface area contributed by atoms with Gasteiger partial charge >= 0.3 is 0 Å². The molecule has 0 aliphatic heterocycles. The van der Waals surface area contributed by atoms with Gasteiger partial charge in [-0.2, -0.15) is 0 Å². The van der Waals surface area contributed by atoms with E-state index >= 15 is 0 Å². The van der Waals surface area contributed by atoms with E-state index in [4.69, 9.17) is 23.2 Å². The van der Waals surface area contributed by atoms with Gasteiger partial charge in [0.15, 0.2) is 0 Å². The Morgan fingerprint density at radius 2 is 1.96 bits per heavy atom. The molecule has 0 aromatic heterocycles. The van der Waals surface area contributed by atoms with Crippen molar-refractivity contribution < 1.29 is 14.1 Å². The lowest BCUT2D eigenvalue weighted by molar-refractivity contribution is -0.385. The first-order chi connectivity index (χ1) is 10.9. The van der Waals surface area contributed by atoms with Crippen LogP contribution in [0, 0.1) is 10.1 Å². The van der Waals surface area contributed by atoms with Crippen molar-refractivity contribution in [1.29, 1.82) is 0 Å². The summed E-state index contributed by atoms with van der Waals surface area (Å²) in [6.45, 7) is -0.369. The zero-order chi connectivity index (χ0) is 17.0. The van der Waals surface area contributed by atoms with Gasteiger partial charge in [0, 0.05) is 21.7 Å². The summed E-state index contributed by atoms with van der Waals surface area (Å²) in [6, 6.07) is 9.75. The maximum atomic E-state index is 14.2. The minimum absolute atomic E-state index is 0.132. The van der Waals surface area contributed by atoms with Crippen LogP contribution in [0.2, 0.25) is 10.0 Å². The SMILES string of the molecule is O=C(NC[C@@H](F)c1ccc(Cl)cc1Cl)c1ccccc1[N+](=O)[O-]. The molecule has 8 heteroatoms. The van der Waals surface area contributed by atoms with Crippen molar-refractivity contribution in [3.8, 4) is 0 Å². The van der Waals surface area contributed by atoms with Gasteiger partial charge < -0.3 is 5.32 Å². The summed E-state index contributed by atoms with van der Waals surface area (Å²) in [5, 5.41) is 13.7. The van der Waals surface area contributed by atoms with Gasteiger partial charge in [0.2, 0.25) is 0 Å². The zero-order valence-corrected chi connectivity index (χ0v) is 13.1. The summed E-state index contributed by atoms with van der Waals surface area (Å²) in [5.41, 5.74) is -0.296. The topological polar surface area (TPSA) is 72.2 Å². The van der Waals surface area contributed by atoms with Crippen LogP contribution in [0.15, 0.2) is 42.5 Å². The summed E-state index contributed by atoms with van der Waals surface area (Å²) in [7, 11) is 0. The fraction of sp³-hybridized carbons (Fsp3) is 0.133. The molecule has 0 radical (unpaired) electrons. The number of carbonyl (C=O) groups excluding carboxylic acids is 1. The van der Waals surface area contributed by atoms with Crippen LogP contribution in [-0.2, 0) is 0 Å². The van der Waals surface area contributed by atoms with Crippen molar-refractivity contribution in [3.05, 3.63) is 73.8 Å². The molecule has 0 heterocycles. The third-order valence-corrected chi connectivity index (χ3v) is 3.65. The first-order valence-electron chi connectivity index (χ1n) is 6.50. The molecule has 0 spiro atoms. The molecule has 0 bridgehead atoms. The van der Waals surface area contributed by atoms with E-state index in [0.29, 0.717) is 5.02 Å². The highest BCUT2D eigenvalue weighted by molar-refractivity contribution is 6.35. The lowest BCUT2D eigenvalue weighted by Crippen LogP contribution is -2.27. The van der Waals surface area contributed by atoms with Crippen LogP contribution < -0.4 is 5.32 Å². The Bertz CT molecular complexity index is 755. The third-order valence-electron chi connectivity index (χ3n) is 3.09. The van der Waals surface area contributed by atoms with E-state index in [-0.39, 0.29) is 28.4 Å². The van der Waals surface area contributed by atoms with Crippen molar-refractivity contribution in [2.24, 2.45) is 0 Å². The van der Waals surface area contributed by atoms with Crippen LogP contribution >= 0.6 is 23.2 Å². The van der Waals surface area contributed by atoms with Crippen molar-refractivity contribution in [3.63, 3.8) is 0 Å². The molecule has 1 amide bonds. The van der Waals surface area contributed by atoms with E-state index in [2.05, 4.69) is 5.32 Å². The van der Waals surface area contributed by atoms with E-state index in [0.717, 1.165) is 0 Å². The largest absolute Gasteiger partial charge is 0.349 e. The molecule has 0 fully saturated rings. The van der Waals surface area contributed by atoms with E-state index in [9.17, 15) is 19.3 Å². The summed E-state index contributed by atoms with van der Waals surface area (Å²) in [6.07, 6.45) is -1.56. The van der Waals surface area contributed by atoms with Gasteiger partial charge in [-0.1, -0.05) is 41.4 Å². The summed E-state index contributed by atoms with van der Waals surface area (Å²) < 4.78 is 14.2. The molecule has 0 saturated heterocycles. The predicted octanol–water partition coefficient (Wildman–Crippen LogP) is 4.34. The summed E-state index contributed by atoms with van der Waals surface area (Å²) >= 11 is 11.6. The molecule has 1 atom stereocenters. The quantitative estimate of drug-likeness (QED) is 0.639. The number of nitrogens with zero attached hydrogens (tertiary/aromatic N) is 1. The number of halogens is 3. The second-order valence-electron chi connectivity index (χ2n) is 4.62. The normalized spacial score (nSPS) is 11.8. The molecular formula is C15H11Cl2FN2O3. The van der Waals surface area contributed by atoms with Crippen molar-refractivity contribution in [2.75, 3.05) is 6.54 Å². The fourth-order valence-electron chi connectivity index (χ4n) is 1.97. The molecule has 23 heavy (non-hydrogen) atoms. The third kappa shape index (κ3) is 4.18. The molecule has 0 aliphatic carbocycles. The van der Waals surface area contributed by atoms with Gasteiger partial charge in [-0.3, -0.25) is 14.9 Å². The number of nitro groups is 1. The maximum Gasteiger partial charge on any atom is 0.282 e. The maximum absolute atomic E-state index is 14.2. The number of benzene rings is 2. The number of para-hydroxylation sites is 1. The number of amides is 1. The Morgan fingerprint density at radius 3 is 2.61 bits per heavy atom. The minimum atomic E-state index is -1.56. The molecule has 1 N–H and O–H groups in total. The standard InChI is InChI=1S/C15H11Cl2FN2O3/c16-9-5-6-10(12(17)7-9)13(18)8-19-15(21)11-3-1-2-4-14(11)20(22)23/h1-7,13H,8H2,(H,19,21)/t13-/m1/s1. The van der Waals surface area contributed by atoms with Gasteiger partial charge in [0.25, 0.3) is 11.6 Å². The molecule has 5 nitrogen and oxygen atoms in total. The van der Waals surface area contributed by atoms with E-state index in [1.807, 2.05) is 0 Å². The summed E-state index contributed by atoms with van der Waals surface area (Å²) in [5.74, 6) is -0.731. The smallest absolute Gasteiger partial charge is 0.282 e. The van der Waals surface area contributed by atoms with Crippen LogP contribution in [-0.4, -0.2) is 17.4 Å². The first-order valence-corrected chi connectivity index (χ1v) is 7.26. The Labute approximate surface area is 141 Å². The van der Waals surface area contributed by atoms with E-state index < -0.39 is 17.0 Å². The number of nitro benzene ring substituents is 1. The Balaban J connectivity index is 2.09. The van der Waals surface area contributed by atoms with Crippen LogP contribution in [0.3, 0.4) is 0 Å². The Morgan fingerprint density at radius 1 is 1.26 bits per heavy atom. The Hall–Kier alpha value is -2.18. The second kappa shape index (κ2) is 7.39. The highest BCUT2D eigenvalue weighted by Gasteiger charge is 2.21. The molecule has 2 aromatic rings. The van der Waals surface area contributed by atoms with Crippen molar-refractivity contribution in [1.82, 2.24) is 5.32 Å². The Kier molecular flexibility index (Phi) is 5.52. The van der Waals surface area contributed by atoms with E-state index in [1.54, 1.807) is 0 Å². The molecule has 0 saturated carbocycles. The lowest BCUT2D eigenvalue weighted by Gasteiger charge is -2.12. The van der Waals surface area contributed by atoms with Crippen molar-refractivity contribution >= 4 is 34.8 Å². The fourth-order valence-corrected chi connectivity index (χ4v) is 2.49. The molecule has 120 valence electrons. The monoisotopic (exact) mass is 356 g/mol. The van der Waals surface area contributed by atoms with E-state index in [1.165, 1.54) is 42.5 Å². The summed E-state index contributed by atoms with van der Waals surface area (Å²) in [4.78, 5) is 22.2. The van der Waals surface area contributed by atoms with Crippen LogP contribution in [0.25, 0.3) is 0 Å². The average molecular weight is 357 g/mol. The molecule has 0 unspecified atom stereocenters. The zero-order valence-electron chi connectivity index (χ0n) is 11.6. The van der Waals surface area contributed by atoms with Gasteiger partial charge in [0.1, 0.15) is 11.7 Å². The predicted molar refractivity (Wildman–Crippen MR) is 85.7 cm³/mol. The number of carbonyl (C=O) groups is 1. The number of hydrogen-bond donors (Lipinski definition) is 1. The lowest BCUT2D eigenvalue weighted by atomic mass is 10.1. The number of alkyl halides is 1. The van der Waals surface area contributed by atoms with Crippen LogP contribution in [0.5, 0.6) is 0 Å². The number of nitrogens with one attached hydrogen (secondary N) is 1. The minimum Gasteiger partial charge on any atom is -0.349 e. The van der Waals surface area contributed by atoms with Crippen molar-refractivity contribution in [2.45, 2.75) is 6.17 Å². The molecular weight excluding hydrogens is 346 g/mol. The van der Waals surface area contributed by atoms with Crippen LogP contribution in [0.1, 0.15) is 22.1 Å². The van der Waals surface area contributed by atoms with Gasteiger partial charge in [-0.25, -0.2) is 4.39 Å². The average Bonchev–Trinajstić information content (AvgIpc) is 2.52. The highest BCUT2D eigenvalue weighted by Crippen LogP contribution is 2.28. The van der Waals surface area contributed by atoms with Gasteiger partial charge in [0.05, 0.1) is 11.5 Å². The van der Waals surface area contributed by atoms with Crippen LogP contribution in [0.4, 0.5) is 10.1 Å². The number of rotatable bonds is 5. The first kappa shape index (κ1) is 17.2. The molecule has 0 aliphatic rings. The number of hydrogen-bond acceptors (Lipinski definition) is 3. The van der Waals surface area contributed by atoms with Gasteiger partial charge in [-0.15, -0.1) is 0 Å². The second-order valence-corrected chi connectivity index (χ2v) is 5.46. The highest BCUT2D eigenvalue weighted by atomic mass is 35.5.